The first kappa shape index (κ1) is 18.8. The van der Waals surface area contributed by atoms with Crippen LogP contribution in [0, 0.1) is 3.57 Å². The molecule has 0 amide bonds. The first-order valence-electron chi connectivity index (χ1n) is 9.36. The molecule has 0 spiro atoms. The smallest absolute Gasteiger partial charge is 0.326 e. The van der Waals surface area contributed by atoms with Gasteiger partial charge in [-0.05, 0) is 59.2 Å². The van der Waals surface area contributed by atoms with E-state index in [-0.39, 0.29) is 17.6 Å². The Morgan fingerprint density at radius 1 is 1.33 bits per heavy atom. The first-order chi connectivity index (χ1) is 14.5. The van der Waals surface area contributed by atoms with Gasteiger partial charge in [0.05, 0.1) is 12.2 Å². The number of H-pyrrole nitrogens is 2. The largest absolute Gasteiger partial charge is 0.493 e. The number of aromatic amines is 2. The Bertz CT molecular complexity index is 1420. The zero-order chi connectivity index (χ0) is 20.7. The van der Waals surface area contributed by atoms with E-state index in [0.717, 1.165) is 22.0 Å². The minimum absolute atomic E-state index is 0.242. The highest BCUT2D eigenvalue weighted by Crippen LogP contribution is 2.22. The number of hydrogen-bond donors (Lipinski definition) is 4. The minimum atomic E-state index is -0.492. The van der Waals surface area contributed by atoms with Gasteiger partial charge in [0.15, 0.2) is 5.65 Å². The van der Waals surface area contributed by atoms with Crippen LogP contribution in [0.5, 0.6) is 5.88 Å². The zero-order valence-electron chi connectivity index (χ0n) is 15.6. The van der Waals surface area contributed by atoms with E-state index in [1.165, 1.54) is 0 Å². The molecule has 4 aromatic rings. The standard InChI is InChI=1S/C19H17IN8O2/c20-12-3-1-2-10(6-12)8-21-17-25-15-11(7-14-16(29)26-19(30)24-14)9-22-28(15)18(27-17)23-13-4-5-13/h1-3,6-7,9,13,29H,4-5,8H2,(H,21,23,27)(H2,24,26,30). The van der Waals surface area contributed by atoms with Crippen LogP contribution in [0.3, 0.4) is 0 Å². The average molecular weight is 516 g/mol. The van der Waals surface area contributed by atoms with Gasteiger partial charge in [-0.15, -0.1) is 0 Å². The van der Waals surface area contributed by atoms with Crippen molar-refractivity contribution < 1.29 is 5.11 Å². The molecule has 3 aromatic heterocycles. The molecule has 1 fully saturated rings. The summed E-state index contributed by atoms with van der Waals surface area (Å²) >= 11 is 2.28. The lowest BCUT2D eigenvalue weighted by molar-refractivity contribution is 0.454. The Morgan fingerprint density at radius 3 is 2.93 bits per heavy atom. The third kappa shape index (κ3) is 3.92. The summed E-state index contributed by atoms with van der Waals surface area (Å²) in [6.45, 7) is 0.564. The number of hydrogen-bond acceptors (Lipinski definition) is 7. The number of aromatic hydroxyl groups is 1. The molecule has 1 aliphatic rings. The molecule has 152 valence electrons. The number of anilines is 1. The number of aromatic nitrogens is 6. The molecule has 3 heterocycles. The van der Waals surface area contributed by atoms with Gasteiger partial charge in [-0.1, -0.05) is 12.1 Å². The summed E-state index contributed by atoms with van der Waals surface area (Å²) in [7, 11) is 0. The van der Waals surface area contributed by atoms with Crippen LogP contribution in [0.1, 0.15) is 24.1 Å². The number of imidazole rings is 1. The number of nitrogens with zero attached hydrogens (tertiary/aromatic N) is 5. The predicted molar refractivity (Wildman–Crippen MR) is 118 cm³/mol. The van der Waals surface area contributed by atoms with Gasteiger partial charge in [-0.3, -0.25) is 4.98 Å². The normalized spacial score (nSPS) is 15.2. The van der Waals surface area contributed by atoms with Crippen LogP contribution < -0.4 is 21.8 Å². The molecular formula is C19H17IN8O2. The fourth-order valence-corrected chi connectivity index (χ4v) is 3.59. The molecule has 0 unspecified atom stereocenters. The fraction of sp³-hybridized carbons (Fsp3) is 0.211. The summed E-state index contributed by atoms with van der Waals surface area (Å²) in [5.41, 5.74) is 1.87. The van der Waals surface area contributed by atoms with E-state index in [1.54, 1.807) is 16.8 Å². The van der Waals surface area contributed by atoms with Crippen LogP contribution >= 0.6 is 22.6 Å². The van der Waals surface area contributed by atoms with E-state index in [4.69, 9.17) is 0 Å². The second-order valence-electron chi connectivity index (χ2n) is 7.01. The molecular weight excluding hydrogens is 499 g/mol. The van der Waals surface area contributed by atoms with E-state index < -0.39 is 5.69 Å². The molecule has 4 N–H and O–H groups in total. The van der Waals surface area contributed by atoms with Crippen molar-refractivity contribution in [2.45, 2.75) is 25.4 Å². The Balaban J connectivity index is 1.59. The third-order valence-corrected chi connectivity index (χ3v) is 5.27. The molecule has 5 rings (SSSR count). The molecule has 0 radical (unpaired) electrons. The Morgan fingerprint density at radius 2 is 2.20 bits per heavy atom. The second kappa shape index (κ2) is 7.55. The third-order valence-electron chi connectivity index (χ3n) is 4.60. The lowest BCUT2D eigenvalue weighted by atomic mass is 10.2. The van der Waals surface area contributed by atoms with Gasteiger partial charge in [-0.2, -0.15) is 19.6 Å². The predicted octanol–water partition coefficient (Wildman–Crippen LogP) is 0.674. The highest BCUT2D eigenvalue weighted by atomic mass is 127. The summed E-state index contributed by atoms with van der Waals surface area (Å²) in [4.78, 5) is 30.0. The molecule has 1 aromatic carbocycles. The summed E-state index contributed by atoms with van der Waals surface area (Å²) in [6, 6.07) is 8.42. The molecule has 0 bridgehead atoms. The Labute approximate surface area is 183 Å². The van der Waals surface area contributed by atoms with Crippen LogP contribution in [0.25, 0.3) is 11.7 Å². The lowest BCUT2D eigenvalue weighted by Gasteiger charge is -2.06. The van der Waals surface area contributed by atoms with Gasteiger partial charge in [0.1, 0.15) is 5.69 Å². The summed E-state index contributed by atoms with van der Waals surface area (Å²) in [5, 5.41) is 18.1. The molecule has 0 aliphatic heterocycles. The fourth-order valence-electron chi connectivity index (χ4n) is 2.99. The van der Waals surface area contributed by atoms with Crippen molar-refractivity contribution in [1.82, 2.24) is 29.5 Å². The molecule has 30 heavy (non-hydrogen) atoms. The number of fused-ring (bicyclic) bond motifs is 1. The van der Waals surface area contributed by atoms with E-state index >= 15 is 0 Å². The van der Waals surface area contributed by atoms with E-state index in [9.17, 15) is 9.90 Å². The van der Waals surface area contributed by atoms with Crippen LogP contribution in [-0.4, -0.2) is 40.7 Å². The van der Waals surface area contributed by atoms with Crippen molar-refractivity contribution in [3.05, 3.63) is 66.6 Å². The maximum atomic E-state index is 11.4. The highest BCUT2D eigenvalue weighted by Gasteiger charge is 2.21. The molecule has 10 nitrogen and oxygen atoms in total. The van der Waals surface area contributed by atoms with Crippen molar-refractivity contribution in [3.63, 3.8) is 0 Å². The number of rotatable bonds is 5. The molecule has 11 heteroatoms. The van der Waals surface area contributed by atoms with Gasteiger partial charge in [-0.25, -0.2) is 9.79 Å². The van der Waals surface area contributed by atoms with Gasteiger partial charge in [0.2, 0.25) is 11.8 Å². The molecule has 1 aliphatic carbocycles. The van der Waals surface area contributed by atoms with E-state index in [1.807, 2.05) is 18.2 Å². The summed E-state index contributed by atoms with van der Waals surface area (Å²) < 4.78 is 2.73. The first-order valence-corrected chi connectivity index (χ1v) is 10.4. The SMILES string of the molecule is O=c1[nH]c(O)c(C=c2cnn3c(=NC4CC4)nc(NCc4cccc(I)c4)nc23)[nH]1. The Hall–Kier alpha value is -3.22. The Kier molecular flexibility index (Phi) is 4.73. The second-order valence-corrected chi connectivity index (χ2v) is 8.26. The van der Waals surface area contributed by atoms with Gasteiger partial charge in [0.25, 0.3) is 5.62 Å². The molecule has 1 saturated carbocycles. The van der Waals surface area contributed by atoms with Crippen LogP contribution in [0.2, 0.25) is 0 Å². The number of nitrogens with one attached hydrogen (secondary N) is 3. The van der Waals surface area contributed by atoms with Crippen molar-refractivity contribution in [3.8, 4) is 5.88 Å². The van der Waals surface area contributed by atoms with Crippen LogP contribution in [-0.2, 0) is 6.54 Å². The summed E-state index contributed by atoms with van der Waals surface area (Å²) in [5.74, 6) is 0.191. The van der Waals surface area contributed by atoms with Gasteiger partial charge >= 0.3 is 5.69 Å². The quantitative estimate of drug-likeness (QED) is 0.288. The molecule has 0 atom stereocenters. The molecule has 0 saturated heterocycles. The van der Waals surface area contributed by atoms with Crippen LogP contribution in [0.15, 0.2) is 40.2 Å². The zero-order valence-corrected chi connectivity index (χ0v) is 17.8. The van der Waals surface area contributed by atoms with Crippen molar-refractivity contribution in [2.24, 2.45) is 4.99 Å². The maximum Gasteiger partial charge on any atom is 0.326 e. The summed E-state index contributed by atoms with van der Waals surface area (Å²) in [6.07, 6.45) is 5.28. The van der Waals surface area contributed by atoms with E-state index in [2.05, 4.69) is 64.0 Å². The van der Waals surface area contributed by atoms with Gasteiger partial charge in [0, 0.05) is 15.3 Å². The monoisotopic (exact) mass is 516 g/mol. The van der Waals surface area contributed by atoms with Crippen molar-refractivity contribution >= 4 is 40.3 Å². The highest BCUT2D eigenvalue weighted by molar-refractivity contribution is 14.1. The van der Waals surface area contributed by atoms with Crippen molar-refractivity contribution in [2.75, 3.05) is 5.32 Å². The maximum absolute atomic E-state index is 11.4. The average Bonchev–Trinajstić information content (AvgIpc) is 3.35. The van der Waals surface area contributed by atoms with Crippen molar-refractivity contribution in [1.29, 1.82) is 0 Å². The van der Waals surface area contributed by atoms with E-state index in [0.29, 0.717) is 29.0 Å². The lowest BCUT2D eigenvalue weighted by Crippen LogP contribution is -2.24. The number of halogens is 1. The number of benzene rings is 1. The van der Waals surface area contributed by atoms with Gasteiger partial charge < -0.3 is 15.4 Å². The van der Waals surface area contributed by atoms with Crippen LogP contribution in [0.4, 0.5) is 5.95 Å². The minimum Gasteiger partial charge on any atom is -0.493 e. The topological polar surface area (TPSA) is 136 Å².